The molecule has 2 aromatic carbocycles. The van der Waals surface area contributed by atoms with Gasteiger partial charge in [-0.3, -0.25) is 23.8 Å². The molecule has 3 rings (SSSR count). The van der Waals surface area contributed by atoms with Gasteiger partial charge in [-0.1, -0.05) is 18.2 Å². The Morgan fingerprint density at radius 2 is 1.65 bits per heavy atom. The molecule has 0 saturated carbocycles. The Labute approximate surface area is 209 Å². The van der Waals surface area contributed by atoms with E-state index in [1.807, 2.05) is 0 Å². The highest BCUT2D eigenvalue weighted by atomic mass is 32.2. The lowest BCUT2D eigenvalue weighted by Gasteiger charge is -2.17. The van der Waals surface area contributed by atoms with Gasteiger partial charge in [0.05, 0.1) is 23.1 Å². The van der Waals surface area contributed by atoms with Crippen LogP contribution in [0, 0.1) is 6.92 Å². The first kappa shape index (κ1) is 27.6. The molecule has 2 amide bonds. The van der Waals surface area contributed by atoms with Crippen LogP contribution in [0.25, 0.3) is 5.69 Å². The summed E-state index contributed by atoms with van der Waals surface area (Å²) in [4.78, 5) is 43.5. The normalized spacial score (nSPS) is 11.7. The molecule has 0 saturated heterocycles. The Kier molecular flexibility index (Phi) is 7.88. The van der Waals surface area contributed by atoms with Gasteiger partial charge < -0.3 is 5.32 Å². The van der Waals surface area contributed by atoms with Crippen LogP contribution in [0.5, 0.6) is 0 Å². The zero-order valence-corrected chi connectivity index (χ0v) is 20.7. The number of hydroxylamine groups is 1. The van der Waals surface area contributed by atoms with Crippen LogP contribution in [0.1, 0.15) is 37.5 Å². The number of halogens is 3. The molecule has 3 aromatic rings. The first-order valence-electron chi connectivity index (χ1n) is 10.6. The molecular weight excluding hydrogens is 515 g/mol. The van der Waals surface area contributed by atoms with E-state index in [2.05, 4.69) is 15.6 Å². The first-order valence-corrected chi connectivity index (χ1v) is 12.5. The summed E-state index contributed by atoms with van der Waals surface area (Å²) in [6, 6.07) is 10.6. The molecule has 0 unspecified atom stereocenters. The second-order valence-electron chi connectivity index (χ2n) is 7.98. The van der Waals surface area contributed by atoms with E-state index in [0.717, 1.165) is 35.1 Å². The number of nitrogens with zero attached hydrogens (tertiary/aromatic N) is 1. The van der Waals surface area contributed by atoms with Gasteiger partial charge in [-0.05, 0) is 48.9 Å². The maximum absolute atomic E-state index is 13.3. The average molecular weight is 538 g/mol. The molecule has 0 atom stereocenters. The van der Waals surface area contributed by atoms with E-state index in [1.165, 1.54) is 44.4 Å². The van der Waals surface area contributed by atoms with Gasteiger partial charge >= 0.3 is 6.18 Å². The molecule has 0 fully saturated rings. The number of hydrogen-bond acceptors (Lipinski definition) is 6. The van der Waals surface area contributed by atoms with E-state index in [9.17, 15) is 36.0 Å². The minimum atomic E-state index is -4.69. The summed E-state index contributed by atoms with van der Waals surface area (Å²) in [5, 5.41) is 2.50. The zero-order chi connectivity index (χ0) is 27.5. The fourth-order valence-corrected chi connectivity index (χ4v) is 4.14. The standard InChI is InChI=1S/C24H22F3N3O6S/c1-14-19(22(32)29-36-2)12-20(21(31)28-13-15-7-9-18(10-8-15)37(3,34)35)23(33)30(14)17-6-4-5-16(11-17)24(25,26)27/h4-12H,13H2,1-3H3,(H,28,31)(H,29,32). The molecule has 0 aliphatic rings. The maximum atomic E-state index is 13.3. The zero-order valence-electron chi connectivity index (χ0n) is 19.8. The molecular formula is C24H22F3N3O6S. The average Bonchev–Trinajstić information content (AvgIpc) is 2.82. The first-order chi connectivity index (χ1) is 17.2. The van der Waals surface area contributed by atoms with Crippen molar-refractivity contribution in [2.45, 2.75) is 24.5 Å². The van der Waals surface area contributed by atoms with E-state index in [4.69, 9.17) is 0 Å². The van der Waals surface area contributed by atoms with E-state index in [-0.39, 0.29) is 28.4 Å². The second-order valence-corrected chi connectivity index (χ2v) is 10.00. The van der Waals surface area contributed by atoms with E-state index in [0.29, 0.717) is 5.56 Å². The molecule has 0 bridgehead atoms. The van der Waals surface area contributed by atoms with Crippen molar-refractivity contribution in [2.24, 2.45) is 0 Å². The van der Waals surface area contributed by atoms with Gasteiger partial charge in [-0.25, -0.2) is 13.9 Å². The number of benzene rings is 2. The Morgan fingerprint density at radius 3 is 2.22 bits per heavy atom. The number of carbonyl (C=O) groups is 2. The third kappa shape index (κ3) is 6.24. The van der Waals surface area contributed by atoms with Crippen LogP contribution in [0.2, 0.25) is 0 Å². The van der Waals surface area contributed by atoms with Gasteiger partial charge in [0.15, 0.2) is 9.84 Å². The van der Waals surface area contributed by atoms with Crippen molar-refractivity contribution in [3.63, 3.8) is 0 Å². The third-order valence-corrected chi connectivity index (χ3v) is 6.50. The molecule has 13 heteroatoms. The smallest absolute Gasteiger partial charge is 0.348 e. The monoisotopic (exact) mass is 537 g/mol. The lowest BCUT2D eigenvalue weighted by Crippen LogP contribution is -2.35. The summed E-state index contributed by atoms with van der Waals surface area (Å²) in [6.45, 7) is 1.25. The molecule has 9 nitrogen and oxygen atoms in total. The van der Waals surface area contributed by atoms with Crippen molar-refractivity contribution in [3.05, 3.63) is 92.9 Å². The van der Waals surface area contributed by atoms with Gasteiger partial charge in [0.2, 0.25) is 0 Å². The number of alkyl halides is 3. The molecule has 37 heavy (non-hydrogen) atoms. The van der Waals surface area contributed by atoms with Crippen LogP contribution >= 0.6 is 0 Å². The number of aromatic nitrogens is 1. The minimum absolute atomic E-state index is 0.0215. The van der Waals surface area contributed by atoms with Gasteiger partial charge in [-0.15, -0.1) is 0 Å². The van der Waals surface area contributed by atoms with Gasteiger partial charge in [0.1, 0.15) is 5.56 Å². The lowest BCUT2D eigenvalue weighted by molar-refractivity contribution is -0.137. The summed E-state index contributed by atoms with van der Waals surface area (Å²) in [7, 11) is -2.25. The number of carbonyl (C=O) groups excluding carboxylic acids is 2. The number of sulfone groups is 1. The molecule has 1 aromatic heterocycles. The maximum Gasteiger partial charge on any atom is 0.416 e. The van der Waals surface area contributed by atoms with Crippen molar-refractivity contribution in [2.75, 3.05) is 13.4 Å². The van der Waals surface area contributed by atoms with Crippen LogP contribution in [0.15, 0.2) is 64.3 Å². The highest BCUT2D eigenvalue weighted by Crippen LogP contribution is 2.30. The Morgan fingerprint density at radius 1 is 1.00 bits per heavy atom. The molecule has 0 aliphatic carbocycles. The number of pyridine rings is 1. The highest BCUT2D eigenvalue weighted by molar-refractivity contribution is 7.90. The Balaban J connectivity index is 2.05. The predicted molar refractivity (Wildman–Crippen MR) is 127 cm³/mol. The molecule has 0 aliphatic heterocycles. The van der Waals surface area contributed by atoms with Crippen molar-refractivity contribution in [3.8, 4) is 5.69 Å². The van der Waals surface area contributed by atoms with Crippen LogP contribution in [0.3, 0.4) is 0 Å². The van der Waals surface area contributed by atoms with Crippen LogP contribution < -0.4 is 16.4 Å². The third-order valence-electron chi connectivity index (χ3n) is 5.37. The largest absolute Gasteiger partial charge is 0.416 e. The second kappa shape index (κ2) is 10.6. The van der Waals surface area contributed by atoms with Crippen molar-refractivity contribution < 1.29 is 36.0 Å². The number of hydrogen-bond donors (Lipinski definition) is 2. The number of nitrogens with one attached hydrogen (secondary N) is 2. The highest BCUT2D eigenvalue weighted by Gasteiger charge is 2.31. The molecule has 1 heterocycles. The SMILES string of the molecule is CONC(=O)c1cc(C(=O)NCc2ccc(S(C)(=O)=O)cc2)c(=O)n(-c2cccc(C(F)(F)F)c2)c1C. The van der Waals surface area contributed by atoms with Crippen LogP contribution in [-0.4, -0.2) is 38.2 Å². The topological polar surface area (TPSA) is 124 Å². The fraction of sp³-hybridized carbons (Fsp3) is 0.208. The van der Waals surface area contributed by atoms with Crippen LogP contribution in [0.4, 0.5) is 13.2 Å². The summed E-state index contributed by atoms with van der Waals surface area (Å²) in [5.41, 5.74) is -0.293. The van der Waals surface area contributed by atoms with Crippen molar-refractivity contribution in [1.29, 1.82) is 0 Å². The quantitative estimate of drug-likeness (QED) is 0.447. The van der Waals surface area contributed by atoms with Gasteiger partial charge in [0.25, 0.3) is 17.4 Å². The molecule has 0 spiro atoms. The van der Waals surface area contributed by atoms with E-state index < -0.39 is 44.5 Å². The summed E-state index contributed by atoms with van der Waals surface area (Å²) in [6.07, 6.45) is -3.64. The molecule has 196 valence electrons. The molecule has 0 radical (unpaired) electrons. The molecule has 2 N–H and O–H groups in total. The fourth-order valence-electron chi connectivity index (χ4n) is 3.51. The number of rotatable bonds is 7. The number of amides is 2. The van der Waals surface area contributed by atoms with Gasteiger partial charge in [0, 0.05) is 24.2 Å². The summed E-state index contributed by atoms with van der Waals surface area (Å²) < 4.78 is 63.9. The lowest BCUT2D eigenvalue weighted by atomic mass is 10.1. The van der Waals surface area contributed by atoms with Gasteiger partial charge in [-0.2, -0.15) is 13.2 Å². The minimum Gasteiger partial charge on any atom is -0.348 e. The van der Waals surface area contributed by atoms with Crippen molar-refractivity contribution in [1.82, 2.24) is 15.4 Å². The summed E-state index contributed by atoms with van der Waals surface area (Å²) >= 11 is 0. The predicted octanol–water partition coefficient (Wildman–Crippen LogP) is 2.79. The van der Waals surface area contributed by atoms with E-state index in [1.54, 1.807) is 0 Å². The van der Waals surface area contributed by atoms with Crippen molar-refractivity contribution >= 4 is 21.7 Å². The van der Waals surface area contributed by atoms with Crippen LogP contribution in [-0.2, 0) is 27.4 Å². The Bertz CT molecular complexity index is 1510. The summed E-state index contributed by atoms with van der Waals surface area (Å²) in [5.74, 6) is -1.73. The van der Waals surface area contributed by atoms with E-state index >= 15 is 0 Å². The Hall–Kier alpha value is -3.97.